The van der Waals surface area contributed by atoms with Gasteiger partial charge < -0.3 is 16.0 Å². The first-order chi connectivity index (χ1) is 12.3. The topological polar surface area (TPSA) is 105 Å². The van der Waals surface area contributed by atoms with E-state index in [2.05, 4.69) is 31.1 Å². The molecular formula is C17H25BrN4O3S. The first-order valence-electron chi connectivity index (χ1n) is 8.54. The molecule has 0 saturated carbocycles. The second kappa shape index (κ2) is 9.36. The Hall–Kier alpha value is -1.61. The van der Waals surface area contributed by atoms with Crippen molar-refractivity contribution in [2.75, 3.05) is 32.4 Å². The molecule has 26 heavy (non-hydrogen) atoms. The number of amides is 1. The third-order valence-corrected chi connectivity index (χ3v) is 6.61. The average Bonchev–Trinajstić information content (AvgIpc) is 2.59. The second-order valence-corrected chi connectivity index (χ2v) is 9.40. The summed E-state index contributed by atoms with van der Waals surface area (Å²) in [5, 5.41) is 3.12. The molecule has 1 fully saturated rings. The van der Waals surface area contributed by atoms with Crippen LogP contribution in [0.25, 0.3) is 0 Å². The number of hydrogen-bond donors (Lipinski definition) is 2. The number of benzene rings is 1. The SMILES string of the molecule is CN=C(NCCS(=O)(=O)c1ccc(Br)cc1)N1CCCC(CC(N)=O)C1. The third-order valence-electron chi connectivity index (χ3n) is 4.35. The second-order valence-electron chi connectivity index (χ2n) is 6.37. The smallest absolute Gasteiger partial charge is 0.217 e. The van der Waals surface area contributed by atoms with Crippen LogP contribution in [0.3, 0.4) is 0 Å². The van der Waals surface area contributed by atoms with Gasteiger partial charge in [-0.15, -0.1) is 0 Å². The van der Waals surface area contributed by atoms with E-state index >= 15 is 0 Å². The van der Waals surface area contributed by atoms with E-state index in [-0.39, 0.29) is 24.1 Å². The number of likely N-dealkylation sites (tertiary alicyclic amines) is 1. The molecule has 1 saturated heterocycles. The minimum Gasteiger partial charge on any atom is -0.370 e. The Morgan fingerprint density at radius 3 is 2.69 bits per heavy atom. The van der Waals surface area contributed by atoms with Gasteiger partial charge in [0.1, 0.15) is 0 Å². The van der Waals surface area contributed by atoms with E-state index in [1.54, 1.807) is 31.3 Å². The standard InChI is InChI=1S/C17H25BrN4O3S/c1-20-17(22-9-2-3-13(12-22)11-16(19)23)21-8-10-26(24,25)15-6-4-14(18)5-7-15/h4-7,13H,2-3,8-12H2,1H3,(H2,19,23)(H,20,21). The van der Waals surface area contributed by atoms with Crippen LogP contribution in [0.2, 0.25) is 0 Å². The minimum absolute atomic E-state index is 0.0216. The summed E-state index contributed by atoms with van der Waals surface area (Å²) in [5.74, 6) is 0.559. The molecule has 1 aliphatic rings. The van der Waals surface area contributed by atoms with Gasteiger partial charge in [0.2, 0.25) is 5.91 Å². The number of sulfone groups is 1. The molecule has 1 atom stereocenters. The highest BCUT2D eigenvalue weighted by molar-refractivity contribution is 9.10. The molecule has 9 heteroatoms. The van der Waals surface area contributed by atoms with Gasteiger partial charge >= 0.3 is 0 Å². The van der Waals surface area contributed by atoms with Crippen molar-refractivity contribution in [3.8, 4) is 0 Å². The summed E-state index contributed by atoms with van der Waals surface area (Å²) in [5.41, 5.74) is 5.30. The summed E-state index contributed by atoms with van der Waals surface area (Å²) in [6.07, 6.45) is 2.29. The number of nitrogens with zero attached hydrogens (tertiary/aromatic N) is 2. The number of aliphatic imine (C=N–C) groups is 1. The Bertz CT molecular complexity index is 750. The highest BCUT2D eigenvalue weighted by Gasteiger charge is 2.24. The van der Waals surface area contributed by atoms with Gasteiger partial charge in [-0.25, -0.2) is 8.42 Å². The van der Waals surface area contributed by atoms with E-state index < -0.39 is 9.84 Å². The molecule has 0 aromatic heterocycles. The number of primary amides is 1. The largest absolute Gasteiger partial charge is 0.370 e. The van der Waals surface area contributed by atoms with Crippen LogP contribution < -0.4 is 11.1 Å². The Morgan fingerprint density at radius 1 is 1.38 bits per heavy atom. The molecule has 2 rings (SSSR count). The zero-order valence-electron chi connectivity index (χ0n) is 14.8. The molecule has 3 N–H and O–H groups in total. The van der Waals surface area contributed by atoms with E-state index in [1.807, 2.05) is 0 Å². The molecule has 7 nitrogen and oxygen atoms in total. The van der Waals surface area contributed by atoms with E-state index in [0.717, 1.165) is 23.9 Å². The lowest BCUT2D eigenvalue weighted by molar-refractivity contribution is -0.119. The zero-order valence-corrected chi connectivity index (χ0v) is 17.2. The minimum atomic E-state index is -3.36. The van der Waals surface area contributed by atoms with Crippen molar-refractivity contribution < 1.29 is 13.2 Å². The molecular weight excluding hydrogens is 420 g/mol. The monoisotopic (exact) mass is 444 g/mol. The van der Waals surface area contributed by atoms with Crippen LogP contribution in [0.15, 0.2) is 38.6 Å². The predicted octanol–water partition coefficient (Wildman–Crippen LogP) is 1.39. The van der Waals surface area contributed by atoms with Gasteiger partial charge in [-0.05, 0) is 43.0 Å². The molecule has 0 aliphatic carbocycles. The number of guanidine groups is 1. The highest BCUT2D eigenvalue weighted by Crippen LogP contribution is 2.19. The number of carbonyl (C=O) groups is 1. The van der Waals surface area contributed by atoms with Crippen LogP contribution in [0.1, 0.15) is 19.3 Å². The Balaban J connectivity index is 1.90. The fourth-order valence-electron chi connectivity index (χ4n) is 3.10. The first kappa shape index (κ1) is 20.7. The summed E-state index contributed by atoms with van der Waals surface area (Å²) >= 11 is 3.30. The molecule has 0 bridgehead atoms. The maximum Gasteiger partial charge on any atom is 0.217 e. The van der Waals surface area contributed by atoms with Crippen LogP contribution in [-0.2, 0) is 14.6 Å². The number of halogens is 1. The fraction of sp³-hybridized carbons (Fsp3) is 0.529. The summed E-state index contributed by atoms with van der Waals surface area (Å²) in [6.45, 7) is 1.79. The number of piperidine rings is 1. The molecule has 1 aromatic carbocycles. The van der Waals surface area contributed by atoms with E-state index in [0.29, 0.717) is 23.8 Å². The summed E-state index contributed by atoms with van der Waals surface area (Å²) in [7, 11) is -1.69. The van der Waals surface area contributed by atoms with Crippen molar-refractivity contribution in [3.63, 3.8) is 0 Å². The molecule has 1 aliphatic heterocycles. The van der Waals surface area contributed by atoms with Gasteiger partial charge in [0.15, 0.2) is 15.8 Å². The fourth-order valence-corrected chi connectivity index (χ4v) is 4.52. The lowest BCUT2D eigenvalue weighted by Gasteiger charge is -2.34. The molecule has 1 aromatic rings. The van der Waals surface area contributed by atoms with Crippen LogP contribution in [0.4, 0.5) is 0 Å². The van der Waals surface area contributed by atoms with Crippen LogP contribution in [-0.4, -0.2) is 57.6 Å². The van der Waals surface area contributed by atoms with Gasteiger partial charge in [-0.1, -0.05) is 15.9 Å². The van der Waals surface area contributed by atoms with Crippen LogP contribution in [0, 0.1) is 5.92 Å². The van der Waals surface area contributed by atoms with Crippen molar-refractivity contribution >= 4 is 37.6 Å². The maximum atomic E-state index is 12.4. The molecule has 1 heterocycles. The van der Waals surface area contributed by atoms with E-state index in [4.69, 9.17) is 5.73 Å². The van der Waals surface area contributed by atoms with E-state index in [1.165, 1.54) is 0 Å². The lowest BCUT2D eigenvalue weighted by atomic mass is 9.95. The molecule has 0 spiro atoms. The number of nitrogens with one attached hydrogen (secondary N) is 1. The van der Waals surface area contributed by atoms with E-state index in [9.17, 15) is 13.2 Å². The lowest BCUT2D eigenvalue weighted by Crippen LogP contribution is -2.48. The summed E-state index contributed by atoms with van der Waals surface area (Å²) in [6, 6.07) is 6.61. The highest BCUT2D eigenvalue weighted by atomic mass is 79.9. The van der Waals surface area contributed by atoms with Crippen molar-refractivity contribution in [2.24, 2.45) is 16.6 Å². The van der Waals surface area contributed by atoms with Gasteiger partial charge in [0.05, 0.1) is 10.6 Å². The van der Waals surface area contributed by atoms with Gasteiger partial charge in [0, 0.05) is 37.6 Å². The van der Waals surface area contributed by atoms with Crippen molar-refractivity contribution in [1.29, 1.82) is 0 Å². The van der Waals surface area contributed by atoms with Gasteiger partial charge in [0.25, 0.3) is 0 Å². The molecule has 1 amide bonds. The van der Waals surface area contributed by atoms with Crippen molar-refractivity contribution in [2.45, 2.75) is 24.2 Å². The van der Waals surface area contributed by atoms with Crippen LogP contribution >= 0.6 is 15.9 Å². The third kappa shape index (κ3) is 5.98. The summed E-state index contributed by atoms with van der Waals surface area (Å²) in [4.78, 5) is 17.7. The quantitative estimate of drug-likeness (QED) is 0.509. The number of carbonyl (C=O) groups excluding carboxylic acids is 1. The van der Waals surface area contributed by atoms with Crippen molar-refractivity contribution in [3.05, 3.63) is 28.7 Å². The normalized spacial score (nSPS) is 18.6. The van der Waals surface area contributed by atoms with Crippen LogP contribution in [0.5, 0.6) is 0 Å². The Morgan fingerprint density at radius 2 is 2.08 bits per heavy atom. The average molecular weight is 445 g/mol. The molecule has 144 valence electrons. The number of nitrogens with two attached hydrogens (primary N) is 1. The first-order valence-corrected chi connectivity index (χ1v) is 11.0. The number of rotatable bonds is 6. The maximum absolute atomic E-state index is 12.4. The molecule has 1 unspecified atom stereocenters. The Kier molecular flexibility index (Phi) is 7.45. The van der Waals surface area contributed by atoms with Gasteiger partial charge in [-0.2, -0.15) is 0 Å². The van der Waals surface area contributed by atoms with Crippen molar-refractivity contribution in [1.82, 2.24) is 10.2 Å². The van der Waals surface area contributed by atoms with Gasteiger partial charge in [-0.3, -0.25) is 9.79 Å². The predicted molar refractivity (Wildman–Crippen MR) is 106 cm³/mol. The number of hydrogen-bond acceptors (Lipinski definition) is 4. The molecule has 0 radical (unpaired) electrons. The Labute approximate surface area is 163 Å². The summed E-state index contributed by atoms with van der Waals surface area (Å²) < 4.78 is 25.6. The zero-order chi connectivity index (χ0) is 19.2.